The van der Waals surface area contributed by atoms with E-state index in [1.807, 2.05) is 24.4 Å². The van der Waals surface area contributed by atoms with E-state index in [0.29, 0.717) is 38.8 Å². The summed E-state index contributed by atoms with van der Waals surface area (Å²) in [6.07, 6.45) is 4.64. The van der Waals surface area contributed by atoms with Crippen molar-refractivity contribution in [1.29, 1.82) is 0 Å². The molecule has 0 bridgehead atoms. The monoisotopic (exact) mass is 450 g/mol. The number of rotatable bonds is 9. The molecule has 2 amide bonds. The number of carbonyl (C=O) groups excluding carboxylic acids is 2. The van der Waals surface area contributed by atoms with E-state index >= 15 is 0 Å². The molecule has 2 aliphatic rings. The van der Waals surface area contributed by atoms with E-state index < -0.39 is 5.60 Å². The minimum absolute atomic E-state index is 0.0161. The van der Waals surface area contributed by atoms with Gasteiger partial charge < -0.3 is 20.5 Å². The first-order valence-corrected chi connectivity index (χ1v) is 12.3. The molecule has 7 heteroatoms. The lowest BCUT2D eigenvalue weighted by atomic mass is 9.57. The number of hydrogen-bond donors (Lipinski definition) is 3. The Morgan fingerprint density at radius 3 is 2.68 bits per heavy atom. The predicted molar refractivity (Wildman–Crippen MR) is 123 cm³/mol. The Hall–Kier alpha value is -1.44. The second-order valence-corrected chi connectivity index (χ2v) is 11.4. The zero-order valence-electron chi connectivity index (χ0n) is 19.3. The summed E-state index contributed by atoms with van der Waals surface area (Å²) in [7, 11) is 1.62. The number of thiophene rings is 1. The topological polar surface area (TPSA) is 87.7 Å². The van der Waals surface area contributed by atoms with E-state index in [0.717, 1.165) is 24.1 Å². The van der Waals surface area contributed by atoms with Gasteiger partial charge in [0.2, 0.25) is 11.8 Å². The Labute approximate surface area is 190 Å². The molecule has 0 aliphatic heterocycles. The van der Waals surface area contributed by atoms with Crippen LogP contribution in [0.15, 0.2) is 17.5 Å². The molecule has 0 aromatic carbocycles. The van der Waals surface area contributed by atoms with E-state index in [9.17, 15) is 14.7 Å². The first-order valence-electron chi connectivity index (χ1n) is 11.4. The SMILES string of the molecule is COCCNC(=O)CCC12CCC(C)(O)CC1C(C)(C)CC2NC(=O)Cc1cccs1. The maximum absolute atomic E-state index is 12.9. The Morgan fingerprint density at radius 2 is 2.00 bits per heavy atom. The summed E-state index contributed by atoms with van der Waals surface area (Å²) >= 11 is 1.60. The molecule has 6 nitrogen and oxygen atoms in total. The van der Waals surface area contributed by atoms with Gasteiger partial charge in [-0.2, -0.15) is 0 Å². The smallest absolute Gasteiger partial charge is 0.225 e. The van der Waals surface area contributed by atoms with Crippen LogP contribution < -0.4 is 10.6 Å². The van der Waals surface area contributed by atoms with Crippen LogP contribution in [-0.4, -0.2) is 48.8 Å². The van der Waals surface area contributed by atoms with Gasteiger partial charge in [0, 0.05) is 31.0 Å². The maximum Gasteiger partial charge on any atom is 0.225 e. The molecular weight excluding hydrogens is 412 g/mol. The van der Waals surface area contributed by atoms with Gasteiger partial charge in [-0.1, -0.05) is 19.9 Å². The van der Waals surface area contributed by atoms with Gasteiger partial charge in [0.1, 0.15) is 0 Å². The average molecular weight is 451 g/mol. The van der Waals surface area contributed by atoms with Crippen LogP contribution in [0.25, 0.3) is 0 Å². The molecule has 2 saturated carbocycles. The standard InChI is InChI=1S/C24H38N2O4S/c1-22(2)16-19(26-21(28)14-17-6-5-13-31-17)24(8-7-20(27)25-11-12-30-4)10-9-23(3,29)15-18(22)24/h5-6,13,18-19,29H,7-12,14-16H2,1-4H3,(H,25,27)(H,26,28). The summed E-state index contributed by atoms with van der Waals surface area (Å²) in [6, 6.07) is 3.97. The molecule has 4 unspecified atom stereocenters. The quantitative estimate of drug-likeness (QED) is 0.504. The summed E-state index contributed by atoms with van der Waals surface area (Å²) in [5.41, 5.74) is -0.880. The largest absolute Gasteiger partial charge is 0.390 e. The van der Waals surface area contributed by atoms with Crippen LogP contribution in [0.4, 0.5) is 0 Å². The number of aliphatic hydroxyl groups is 1. The van der Waals surface area contributed by atoms with E-state index in [-0.39, 0.29) is 34.6 Å². The molecule has 31 heavy (non-hydrogen) atoms. The Bertz CT molecular complexity index is 762. The fraction of sp³-hybridized carbons (Fsp3) is 0.750. The van der Waals surface area contributed by atoms with Crippen LogP contribution in [0.3, 0.4) is 0 Å². The predicted octanol–water partition coefficient (Wildman–Crippen LogP) is 3.29. The number of hydrogen-bond acceptors (Lipinski definition) is 5. The van der Waals surface area contributed by atoms with Crippen molar-refractivity contribution < 1.29 is 19.4 Å². The number of fused-ring (bicyclic) bond motifs is 1. The van der Waals surface area contributed by atoms with Gasteiger partial charge in [0.15, 0.2) is 0 Å². The van der Waals surface area contributed by atoms with Gasteiger partial charge in [-0.05, 0) is 67.2 Å². The zero-order chi connectivity index (χ0) is 22.7. The van der Waals surface area contributed by atoms with Gasteiger partial charge in [0.25, 0.3) is 0 Å². The lowest BCUT2D eigenvalue weighted by Gasteiger charge is -2.50. The molecule has 1 aromatic rings. The van der Waals surface area contributed by atoms with Crippen molar-refractivity contribution in [2.24, 2.45) is 16.7 Å². The molecule has 2 fully saturated rings. The third-order valence-corrected chi connectivity index (χ3v) is 8.41. The van der Waals surface area contributed by atoms with Crippen LogP contribution in [0.2, 0.25) is 0 Å². The van der Waals surface area contributed by atoms with Crippen molar-refractivity contribution in [2.45, 2.75) is 77.4 Å². The van der Waals surface area contributed by atoms with Crippen LogP contribution in [0, 0.1) is 16.7 Å². The first kappa shape index (κ1) is 24.2. The number of nitrogens with one attached hydrogen (secondary N) is 2. The first-order chi connectivity index (χ1) is 14.6. The molecule has 4 atom stereocenters. The van der Waals surface area contributed by atoms with Gasteiger partial charge >= 0.3 is 0 Å². The molecule has 1 heterocycles. The van der Waals surface area contributed by atoms with Crippen molar-refractivity contribution in [1.82, 2.24) is 10.6 Å². The van der Waals surface area contributed by atoms with Crippen molar-refractivity contribution in [2.75, 3.05) is 20.3 Å². The molecule has 1 aromatic heterocycles. The van der Waals surface area contributed by atoms with E-state index in [1.54, 1.807) is 18.4 Å². The van der Waals surface area contributed by atoms with Crippen LogP contribution >= 0.6 is 11.3 Å². The van der Waals surface area contributed by atoms with Gasteiger partial charge in [-0.25, -0.2) is 0 Å². The summed E-state index contributed by atoms with van der Waals surface area (Å²) in [4.78, 5) is 26.4. The Kier molecular flexibility index (Phi) is 7.49. The minimum atomic E-state index is -0.692. The normalized spacial score (nSPS) is 31.8. The van der Waals surface area contributed by atoms with Crippen molar-refractivity contribution in [3.05, 3.63) is 22.4 Å². The van der Waals surface area contributed by atoms with Crippen molar-refractivity contribution in [3.8, 4) is 0 Å². The second kappa shape index (κ2) is 9.59. The minimum Gasteiger partial charge on any atom is -0.390 e. The van der Waals surface area contributed by atoms with Gasteiger partial charge in [0.05, 0.1) is 18.6 Å². The highest BCUT2D eigenvalue weighted by atomic mass is 32.1. The highest BCUT2D eigenvalue weighted by Crippen LogP contribution is 2.63. The van der Waals surface area contributed by atoms with Crippen LogP contribution in [0.1, 0.15) is 64.2 Å². The second-order valence-electron chi connectivity index (χ2n) is 10.4. The molecule has 2 aliphatic carbocycles. The maximum atomic E-state index is 12.9. The highest BCUT2D eigenvalue weighted by Gasteiger charge is 2.61. The van der Waals surface area contributed by atoms with Crippen molar-refractivity contribution in [3.63, 3.8) is 0 Å². The third kappa shape index (κ3) is 5.68. The average Bonchev–Trinajstić information content (AvgIpc) is 3.25. The Morgan fingerprint density at radius 1 is 1.23 bits per heavy atom. The third-order valence-electron chi connectivity index (χ3n) is 7.53. The molecule has 174 valence electrons. The fourth-order valence-electron chi connectivity index (χ4n) is 5.98. The van der Waals surface area contributed by atoms with E-state index in [2.05, 4.69) is 24.5 Å². The molecular formula is C24H38N2O4S. The molecule has 3 rings (SSSR count). The van der Waals surface area contributed by atoms with Crippen molar-refractivity contribution >= 4 is 23.2 Å². The highest BCUT2D eigenvalue weighted by molar-refractivity contribution is 7.10. The van der Waals surface area contributed by atoms with Crippen LogP contribution in [-0.2, 0) is 20.7 Å². The summed E-state index contributed by atoms with van der Waals surface area (Å²) in [5, 5.41) is 19.1. The van der Waals surface area contributed by atoms with Gasteiger partial charge in [-0.15, -0.1) is 11.3 Å². The number of methoxy groups -OCH3 is 1. The van der Waals surface area contributed by atoms with Crippen LogP contribution in [0.5, 0.6) is 0 Å². The zero-order valence-corrected chi connectivity index (χ0v) is 20.1. The number of carbonyl (C=O) groups is 2. The fourth-order valence-corrected chi connectivity index (χ4v) is 6.68. The number of amides is 2. The van der Waals surface area contributed by atoms with E-state index in [1.165, 1.54) is 0 Å². The molecule has 0 radical (unpaired) electrons. The lowest BCUT2D eigenvalue weighted by Crippen LogP contribution is -2.53. The number of ether oxygens (including phenoxy) is 1. The summed E-state index contributed by atoms with van der Waals surface area (Å²) < 4.78 is 5.02. The summed E-state index contributed by atoms with van der Waals surface area (Å²) in [6.45, 7) is 7.42. The summed E-state index contributed by atoms with van der Waals surface area (Å²) in [5.74, 6) is 0.323. The Balaban J connectivity index is 1.77. The molecule has 0 saturated heterocycles. The van der Waals surface area contributed by atoms with Gasteiger partial charge in [-0.3, -0.25) is 9.59 Å². The molecule has 0 spiro atoms. The lowest BCUT2D eigenvalue weighted by molar-refractivity contribution is -0.125. The van der Waals surface area contributed by atoms with E-state index in [4.69, 9.17) is 4.74 Å². The molecule has 3 N–H and O–H groups in total.